The SMILES string of the molecule is C=CCOc1c(Br)cc(C=Nc2sc3c(c2C(=O)NCc2ccco2)CC[C@@H](C(C)(C)C)C3)cc1Br. The molecule has 190 valence electrons. The van der Waals surface area contributed by atoms with Gasteiger partial charge in [-0.15, -0.1) is 11.3 Å². The molecule has 1 aromatic carbocycles. The molecule has 1 aliphatic carbocycles. The fraction of sp³-hybridized carbons (Fsp3) is 0.357. The predicted octanol–water partition coefficient (Wildman–Crippen LogP) is 8.26. The molecule has 0 radical (unpaired) electrons. The van der Waals surface area contributed by atoms with Gasteiger partial charge in [0.1, 0.15) is 23.1 Å². The fourth-order valence-corrected chi connectivity index (χ4v) is 7.09. The smallest absolute Gasteiger partial charge is 0.255 e. The summed E-state index contributed by atoms with van der Waals surface area (Å²) in [5.74, 6) is 1.90. The van der Waals surface area contributed by atoms with Gasteiger partial charge < -0.3 is 14.5 Å². The summed E-state index contributed by atoms with van der Waals surface area (Å²) in [5.41, 5.74) is 2.94. The monoisotopic (exact) mass is 632 g/mol. The zero-order valence-corrected chi connectivity index (χ0v) is 24.7. The second-order valence-corrected chi connectivity index (χ2v) is 12.7. The van der Waals surface area contributed by atoms with Crippen molar-refractivity contribution >= 4 is 60.3 Å². The molecule has 8 heteroatoms. The molecule has 2 aromatic heterocycles. The highest BCUT2D eigenvalue weighted by Gasteiger charge is 2.33. The first-order chi connectivity index (χ1) is 17.2. The van der Waals surface area contributed by atoms with E-state index in [0.717, 1.165) is 50.1 Å². The highest BCUT2D eigenvalue weighted by molar-refractivity contribution is 9.11. The normalized spacial score (nSPS) is 15.6. The fourth-order valence-electron chi connectivity index (χ4n) is 4.37. The van der Waals surface area contributed by atoms with Crippen molar-refractivity contribution in [1.82, 2.24) is 5.32 Å². The maximum atomic E-state index is 13.4. The van der Waals surface area contributed by atoms with Gasteiger partial charge in [-0.05, 0) is 97.8 Å². The van der Waals surface area contributed by atoms with Crippen molar-refractivity contribution in [2.75, 3.05) is 6.61 Å². The highest BCUT2D eigenvalue weighted by atomic mass is 79.9. The molecule has 0 spiro atoms. The number of nitrogens with zero attached hydrogens (tertiary/aromatic N) is 1. The first-order valence-electron chi connectivity index (χ1n) is 11.9. The number of carbonyl (C=O) groups excluding carboxylic acids is 1. The summed E-state index contributed by atoms with van der Waals surface area (Å²) in [4.78, 5) is 19.5. The van der Waals surface area contributed by atoms with Crippen LogP contribution >= 0.6 is 43.2 Å². The van der Waals surface area contributed by atoms with Crippen LogP contribution in [-0.4, -0.2) is 18.7 Å². The molecule has 0 saturated heterocycles. The van der Waals surface area contributed by atoms with Crippen LogP contribution in [0.2, 0.25) is 0 Å². The molecule has 4 rings (SSSR count). The Balaban J connectivity index is 1.65. The number of furan rings is 1. The average molecular weight is 634 g/mol. The van der Waals surface area contributed by atoms with Crippen molar-refractivity contribution in [3.8, 4) is 5.75 Å². The second kappa shape index (κ2) is 11.5. The van der Waals surface area contributed by atoms with Crippen molar-refractivity contribution in [3.05, 3.63) is 79.5 Å². The van der Waals surface area contributed by atoms with Gasteiger partial charge in [0, 0.05) is 11.1 Å². The van der Waals surface area contributed by atoms with Crippen LogP contribution in [-0.2, 0) is 19.4 Å². The van der Waals surface area contributed by atoms with E-state index < -0.39 is 0 Å². The lowest BCUT2D eigenvalue weighted by atomic mass is 9.72. The zero-order chi connectivity index (χ0) is 25.9. The van der Waals surface area contributed by atoms with Crippen molar-refractivity contribution in [1.29, 1.82) is 0 Å². The van der Waals surface area contributed by atoms with Crippen LogP contribution in [0.4, 0.5) is 5.00 Å². The van der Waals surface area contributed by atoms with E-state index in [2.05, 4.69) is 64.5 Å². The van der Waals surface area contributed by atoms with E-state index in [4.69, 9.17) is 14.1 Å². The zero-order valence-electron chi connectivity index (χ0n) is 20.7. The lowest BCUT2D eigenvalue weighted by Crippen LogP contribution is -2.28. The van der Waals surface area contributed by atoms with E-state index in [1.807, 2.05) is 24.3 Å². The molecule has 5 nitrogen and oxygen atoms in total. The lowest BCUT2D eigenvalue weighted by molar-refractivity contribution is 0.0947. The van der Waals surface area contributed by atoms with Crippen LogP contribution in [0.15, 0.2) is 61.5 Å². The molecular formula is C28H30Br2N2O3S. The number of amides is 1. The number of carbonyl (C=O) groups is 1. The summed E-state index contributed by atoms with van der Waals surface area (Å²) in [6.07, 6.45) is 8.05. The van der Waals surface area contributed by atoms with Crippen molar-refractivity contribution < 1.29 is 13.9 Å². The molecule has 0 saturated carbocycles. The van der Waals surface area contributed by atoms with Crippen molar-refractivity contribution in [2.24, 2.45) is 16.3 Å². The number of benzene rings is 1. The predicted molar refractivity (Wildman–Crippen MR) is 154 cm³/mol. The Labute approximate surface area is 233 Å². The largest absolute Gasteiger partial charge is 0.487 e. The number of aliphatic imine (C=N–C) groups is 1. The van der Waals surface area contributed by atoms with Gasteiger partial charge >= 0.3 is 0 Å². The van der Waals surface area contributed by atoms with E-state index in [1.165, 1.54) is 4.88 Å². The van der Waals surface area contributed by atoms with Crippen molar-refractivity contribution in [3.63, 3.8) is 0 Å². The Hall–Kier alpha value is -2.16. The number of halogens is 2. The average Bonchev–Trinajstić information content (AvgIpc) is 3.47. The first-order valence-corrected chi connectivity index (χ1v) is 14.3. The highest BCUT2D eigenvalue weighted by Crippen LogP contribution is 2.45. The molecule has 0 unspecified atom stereocenters. The number of hydrogen-bond acceptors (Lipinski definition) is 5. The molecule has 1 N–H and O–H groups in total. The van der Waals surface area contributed by atoms with Crippen LogP contribution in [0.3, 0.4) is 0 Å². The third-order valence-corrected chi connectivity index (χ3v) is 8.74. The number of nitrogens with one attached hydrogen (secondary N) is 1. The van der Waals surface area contributed by atoms with Gasteiger partial charge in [0.2, 0.25) is 0 Å². The van der Waals surface area contributed by atoms with E-state index in [9.17, 15) is 4.79 Å². The van der Waals surface area contributed by atoms with Gasteiger partial charge in [0.15, 0.2) is 0 Å². The van der Waals surface area contributed by atoms with E-state index >= 15 is 0 Å². The summed E-state index contributed by atoms with van der Waals surface area (Å²) in [6.45, 7) is 11.3. The third-order valence-electron chi connectivity index (χ3n) is 6.40. The molecule has 1 amide bonds. The van der Waals surface area contributed by atoms with Crippen LogP contribution in [0.25, 0.3) is 0 Å². The molecule has 0 bridgehead atoms. The molecule has 1 aliphatic rings. The first kappa shape index (κ1) is 26.9. The Bertz CT molecular complexity index is 1250. The molecule has 0 aliphatic heterocycles. The summed E-state index contributed by atoms with van der Waals surface area (Å²) in [5, 5.41) is 3.76. The van der Waals surface area contributed by atoms with Gasteiger partial charge in [-0.3, -0.25) is 4.79 Å². The Morgan fingerprint density at radius 1 is 1.33 bits per heavy atom. The number of ether oxygens (including phenoxy) is 1. The van der Waals surface area contributed by atoms with E-state index in [-0.39, 0.29) is 11.3 Å². The molecule has 36 heavy (non-hydrogen) atoms. The van der Waals surface area contributed by atoms with Crippen LogP contribution < -0.4 is 10.1 Å². The minimum atomic E-state index is -0.110. The number of rotatable bonds is 8. The van der Waals surface area contributed by atoms with Gasteiger partial charge in [-0.25, -0.2) is 4.99 Å². The van der Waals surface area contributed by atoms with Gasteiger partial charge in [0.25, 0.3) is 5.91 Å². The standard InChI is InChI=1S/C28H30Br2N2O3S/c1-5-10-35-25-21(29)12-17(13-22(25)30)15-32-27-24(26(33)31-16-19-7-6-11-34-19)20-9-8-18(28(2,3)4)14-23(20)36-27/h5-7,11-13,15,18H,1,8-10,14,16H2,2-4H3,(H,31,33)/t18-/m1/s1. The van der Waals surface area contributed by atoms with Crippen LogP contribution in [0, 0.1) is 11.3 Å². The topological polar surface area (TPSA) is 63.8 Å². The van der Waals surface area contributed by atoms with Gasteiger partial charge in [0.05, 0.1) is 27.3 Å². The van der Waals surface area contributed by atoms with Crippen LogP contribution in [0.1, 0.15) is 59.3 Å². The maximum Gasteiger partial charge on any atom is 0.255 e. The second-order valence-electron chi connectivity index (χ2n) is 9.92. The Morgan fingerprint density at radius 2 is 2.08 bits per heavy atom. The van der Waals surface area contributed by atoms with Gasteiger partial charge in [-0.2, -0.15) is 0 Å². The molecule has 1 atom stereocenters. The number of thiophene rings is 1. The number of fused-ring (bicyclic) bond motifs is 1. The quantitative estimate of drug-likeness (QED) is 0.201. The summed E-state index contributed by atoms with van der Waals surface area (Å²) in [6, 6.07) is 7.58. The summed E-state index contributed by atoms with van der Waals surface area (Å²) >= 11 is 8.80. The molecule has 3 aromatic rings. The minimum absolute atomic E-state index is 0.110. The summed E-state index contributed by atoms with van der Waals surface area (Å²) < 4.78 is 12.7. The minimum Gasteiger partial charge on any atom is -0.487 e. The maximum absolute atomic E-state index is 13.4. The summed E-state index contributed by atoms with van der Waals surface area (Å²) in [7, 11) is 0. The Morgan fingerprint density at radius 3 is 2.72 bits per heavy atom. The molecular weight excluding hydrogens is 604 g/mol. The van der Waals surface area contributed by atoms with Gasteiger partial charge in [-0.1, -0.05) is 33.4 Å². The van der Waals surface area contributed by atoms with Crippen LogP contribution in [0.5, 0.6) is 5.75 Å². The third kappa shape index (κ3) is 6.21. The molecule has 2 heterocycles. The molecule has 0 fully saturated rings. The van der Waals surface area contributed by atoms with E-state index in [1.54, 1.807) is 29.9 Å². The Kier molecular flexibility index (Phi) is 8.58. The number of hydrogen-bond donors (Lipinski definition) is 1. The lowest BCUT2D eigenvalue weighted by Gasteiger charge is -2.33. The van der Waals surface area contributed by atoms with Crippen molar-refractivity contribution in [2.45, 2.75) is 46.6 Å². The van der Waals surface area contributed by atoms with E-state index in [0.29, 0.717) is 30.4 Å².